The van der Waals surface area contributed by atoms with Gasteiger partial charge in [-0.05, 0) is 36.5 Å². The summed E-state index contributed by atoms with van der Waals surface area (Å²) >= 11 is 0. The zero-order valence-corrected chi connectivity index (χ0v) is 15.1. The number of nitrogens with zero attached hydrogens (tertiary/aromatic N) is 3. The molecule has 3 heterocycles. The summed E-state index contributed by atoms with van der Waals surface area (Å²) < 4.78 is 5.40. The molecule has 0 radical (unpaired) electrons. The molecule has 4 rings (SSSR count). The van der Waals surface area contributed by atoms with Crippen molar-refractivity contribution < 1.29 is 4.74 Å². The van der Waals surface area contributed by atoms with E-state index in [1.54, 1.807) is 7.11 Å². The first kappa shape index (κ1) is 17.1. The molecule has 7 heteroatoms. The molecule has 0 spiro atoms. The number of methoxy groups -OCH3 is 1. The Kier molecular flexibility index (Phi) is 4.90. The number of nitrogen functional groups attached to an aromatic ring is 1. The Labute approximate surface area is 153 Å². The van der Waals surface area contributed by atoms with E-state index in [9.17, 15) is 0 Å². The molecule has 138 valence electrons. The Morgan fingerprint density at radius 3 is 2.81 bits per heavy atom. The second-order valence-corrected chi connectivity index (χ2v) is 7.06. The third kappa shape index (κ3) is 3.45. The van der Waals surface area contributed by atoms with Gasteiger partial charge in [0.2, 0.25) is 0 Å². The molecule has 1 aromatic carbocycles. The maximum Gasteiger partial charge on any atom is 0.134 e. The van der Waals surface area contributed by atoms with Crippen LogP contribution in [0.2, 0.25) is 0 Å². The second kappa shape index (κ2) is 7.47. The van der Waals surface area contributed by atoms with Gasteiger partial charge in [-0.1, -0.05) is 12.1 Å². The lowest BCUT2D eigenvalue weighted by molar-refractivity contribution is 0.295. The van der Waals surface area contributed by atoms with Crippen molar-refractivity contribution in [2.75, 3.05) is 37.4 Å². The van der Waals surface area contributed by atoms with Crippen LogP contribution in [0, 0.1) is 5.92 Å². The fourth-order valence-corrected chi connectivity index (χ4v) is 4.18. The van der Waals surface area contributed by atoms with Crippen molar-refractivity contribution in [3.05, 3.63) is 42.2 Å². The molecule has 0 bridgehead atoms. The Morgan fingerprint density at radius 2 is 2.04 bits per heavy atom. The van der Waals surface area contributed by atoms with Crippen LogP contribution in [0.25, 0.3) is 0 Å². The molecular formula is C19H26N6O. The number of aromatic nitrogens is 2. The number of hydrazine groups is 1. The first-order chi connectivity index (χ1) is 12.7. The predicted octanol–water partition coefficient (Wildman–Crippen LogP) is 1.54. The summed E-state index contributed by atoms with van der Waals surface area (Å²) in [4.78, 5) is 10.6. The number of hydrogen-bond acceptors (Lipinski definition) is 7. The van der Waals surface area contributed by atoms with Gasteiger partial charge in [0, 0.05) is 37.7 Å². The maximum atomic E-state index is 5.79. The summed E-state index contributed by atoms with van der Waals surface area (Å²) in [7, 11) is 1.72. The number of nitrogens with two attached hydrogens (primary N) is 1. The Morgan fingerprint density at radius 1 is 1.19 bits per heavy atom. The third-order valence-corrected chi connectivity index (χ3v) is 5.59. The van der Waals surface area contributed by atoms with Gasteiger partial charge in [-0.2, -0.15) is 0 Å². The molecule has 2 saturated heterocycles. The van der Waals surface area contributed by atoms with Crippen molar-refractivity contribution in [3.63, 3.8) is 0 Å². The van der Waals surface area contributed by atoms with E-state index >= 15 is 0 Å². The molecule has 2 unspecified atom stereocenters. The summed E-state index contributed by atoms with van der Waals surface area (Å²) in [5, 5.41) is 0. The molecule has 2 aliphatic rings. The van der Waals surface area contributed by atoms with E-state index in [4.69, 9.17) is 10.5 Å². The predicted molar refractivity (Wildman–Crippen MR) is 102 cm³/mol. The highest BCUT2D eigenvalue weighted by atomic mass is 16.5. The van der Waals surface area contributed by atoms with Gasteiger partial charge in [0.1, 0.15) is 23.7 Å². The smallest absolute Gasteiger partial charge is 0.134 e. The number of piperidine rings is 1. The van der Waals surface area contributed by atoms with Crippen molar-refractivity contribution in [3.8, 4) is 5.75 Å². The molecule has 7 nitrogen and oxygen atoms in total. The second-order valence-electron chi connectivity index (χ2n) is 7.06. The largest absolute Gasteiger partial charge is 0.497 e. The number of ether oxygens (including phenoxy) is 1. The summed E-state index contributed by atoms with van der Waals surface area (Å²) in [5.74, 6) is 3.45. The van der Waals surface area contributed by atoms with E-state index in [0.29, 0.717) is 23.7 Å². The van der Waals surface area contributed by atoms with Gasteiger partial charge in [0.25, 0.3) is 0 Å². The molecule has 2 aliphatic heterocycles. The molecular weight excluding hydrogens is 328 g/mol. The summed E-state index contributed by atoms with van der Waals surface area (Å²) in [6, 6.07) is 10.7. The van der Waals surface area contributed by atoms with Crippen LogP contribution in [0.3, 0.4) is 0 Å². The summed E-state index contributed by atoms with van der Waals surface area (Å²) in [5.41, 5.74) is 14.0. The van der Waals surface area contributed by atoms with Gasteiger partial charge in [0.05, 0.1) is 7.11 Å². The molecule has 26 heavy (non-hydrogen) atoms. The Bertz CT molecular complexity index is 746. The van der Waals surface area contributed by atoms with E-state index < -0.39 is 0 Å². The Hall–Kier alpha value is -2.38. The van der Waals surface area contributed by atoms with Gasteiger partial charge in [0.15, 0.2) is 0 Å². The number of anilines is 2. The van der Waals surface area contributed by atoms with E-state index in [0.717, 1.165) is 44.0 Å². The molecule has 2 fully saturated rings. The fraction of sp³-hybridized carbons (Fsp3) is 0.474. The molecule has 1 aromatic heterocycles. The van der Waals surface area contributed by atoms with E-state index in [1.165, 1.54) is 11.9 Å². The zero-order valence-electron chi connectivity index (χ0n) is 15.1. The number of rotatable bonds is 4. The average Bonchev–Trinajstić information content (AvgIpc) is 3.18. The minimum absolute atomic E-state index is 0.430. The van der Waals surface area contributed by atoms with Gasteiger partial charge in [-0.3, -0.25) is 10.9 Å². The first-order valence-corrected chi connectivity index (χ1v) is 9.19. The first-order valence-electron chi connectivity index (χ1n) is 9.19. The SMILES string of the molecule is COc1cccc(C2CNNC2C2CCN(c3cc(N)ncn3)CC2)c1. The summed E-state index contributed by atoms with van der Waals surface area (Å²) in [6.45, 7) is 2.93. The molecule has 0 aliphatic carbocycles. The highest BCUT2D eigenvalue weighted by Gasteiger charge is 2.36. The highest BCUT2D eigenvalue weighted by molar-refractivity contribution is 5.46. The number of hydrogen-bond donors (Lipinski definition) is 3. The standard InChI is InChI=1S/C19H26N6O/c1-26-15-4-2-3-14(9-15)16-11-23-24-19(16)13-5-7-25(8-6-13)18-10-17(20)21-12-22-18/h2-4,9-10,12-13,16,19,23-24H,5-8,11H2,1H3,(H2,20,21,22). The van der Waals surface area contributed by atoms with Gasteiger partial charge < -0.3 is 15.4 Å². The van der Waals surface area contributed by atoms with Crippen LogP contribution in [0.1, 0.15) is 24.3 Å². The lowest BCUT2D eigenvalue weighted by Gasteiger charge is -2.37. The van der Waals surface area contributed by atoms with Crippen molar-refractivity contribution in [1.82, 2.24) is 20.8 Å². The van der Waals surface area contributed by atoms with E-state index in [2.05, 4.69) is 43.9 Å². The van der Waals surface area contributed by atoms with Gasteiger partial charge in [-0.15, -0.1) is 0 Å². The molecule has 0 saturated carbocycles. The lowest BCUT2D eigenvalue weighted by Crippen LogP contribution is -2.44. The molecule has 2 aromatic rings. The summed E-state index contributed by atoms with van der Waals surface area (Å²) in [6.07, 6.45) is 3.80. The lowest BCUT2D eigenvalue weighted by atomic mass is 9.80. The fourth-order valence-electron chi connectivity index (χ4n) is 4.18. The van der Waals surface area contributed by atoms with Crippen molar-refractivity contribution >= 4 is 11.6 Å². The Balaban J connectivity index is 1.43. The monoisotopic (exact) mass is 354 g/mol. The van der Waals surface area contributed by atoms with Crippen LogP contribution in [0.15, 0.2) is 36.7 Å². The normalized spacial score (nSPS) is 24.0. The van der Waals surface area contributed by atoms with Crippen LogP contribution in [0.5, 0.6) is 5.75 Å². The van der Waals surface area contributed by atoms with Crippen LogP contribution >= 0.6 is 0 Å². The molecule has 4 N–H and O–H groups in total. The number of benzene rings is 1. The van der Waals surface area contributed by atoms with Crippen LogP contribution < -0.4 is 26.2 Å². The van der Waals surface area contributed by atoms with Crippen LogP contribution in [0.4, 0.5) is 11.6 Å². The minimum Gasteiger partial charge on any atom is -0.497 e. The van der Waals surface area contributed by atoms with Crippen LogP contribution in [-0.4, -0.2) is 42.8 Å². The minimum atomic E-state index is 0.430. The van der Waals surface area contributed by atoms with Gasteiger partial charge >= 0.3 is 0 Å². The molecule has 2 atom stereocenters. The van der Waals surface area contributed by atoms with Crippen molar-refractivity contribution in [1.29, 1.82) is 0 Å². The van der Waals surface area contributed by atoms with Gasteiger partial charge in [-0.25, -0.2) is 9.97 Å². The molecule has 0 amide bonds. The number of nitrogens with one attached hydrogen (secondary N) is 2. The van der Waals surface area contributed by atoms with Crippen molar-refractivity contribution in [2.24, 2.45) is 5.92 Å². The zero-order chi connectivity index (χ0) is 17.9. The maximum absolute atomic E-state index is 5.79. The third-order valence-electron chi connectivity index (χ3n) is 5.59. The quantitative estimate of drug-likeness (QED) is 0.767. The van der Waals surface area contributed by atoms with E-state index in [1.807, 2.05) is 12.1 Å². The average molecular weight is 354 g/mol. The van der Waals surface area contributed by atoms with Crippen LogP contribution in [-0.2, 0) is 0 Å². The van der Waals surface area contributed by atoms with E-state index in [-0.39, 0.29) is 0 Å². The topological polar surface area (TPSA) is 88.3 Å². The van der Waals surface area contributed by atoms with Crippen molar-refractivity contribution in [2.45, 2.75) is 24.8 Å². The highest BCUT2D eigenvalue weighted by Crippen LogP contribution is 2.34.